The predicted octanol–water partition coefficient (Wildman–Crippen LogP) is -0.363. The lowest BCUT2D eigenvalue weighted by Crippen LogP contribution is -2.49. The molecule has 0 bridgehead atoms. The number of nitrogens with one attached hydrogen (secondary N) is 2. The smallest absolute Gasteiger partial charge is 0.257 e. The van der Waals surface area contributed by atoms with Crippen molar-refractivity contribution >= 4 is 21.9 Å². The maximum Gasteiger partial charge on any atom is 0.257 e. The molecule has 1 amide bonds. The van der Waals surface area contributed by atoms with Crippen LogP contribution in [-0.4, -0.2) is 20.3 Å². The molecular weight excluding hydrogens is 320 g/mol. The quantitative estimate of drug-likeness (QED) is 0.562. The van der Waals surface area contributed by atoms with Gasteiger partial charge < -0.3 is 9.90 Å². The van der Waals surface area contributed by atoms with E-state index in [1.807, 2.05) is 11.8 Å². The minimum atomic E-state index is -3.91. The van der Waals surface area contributed by atoms with Crippen molar-refractivity contribution in [2.24, 2.45) is 11.8 Å². The molecule has 1 aliphatic carbocycles. The van der Waals surface area contributed by atoms with Crippen LogP contribution in [0.5, 0.6) is 0 Å². The number of aliphatic carboxylic acids is 1. The van der Waals surface area contributed by atoms with Gasteiger partial charge in [-0.05, 0) is 31.9 Å². The Kier molecular flexibility index (Phi) is 5.17. The molecule has 0 saturated carbocycles. The van der Waals surface area contributed by atoms with Crippen LogP contribution < -0.4 is 15.4 Å². The highest BCUT2D eigenvalue weighted by Gasteiger charge is 2.30. The van der Waals surface area contributed by atoms with E-state index < -0.39 is 33.7 Å². The number of sulfonamides is 1. The Morgan fingerprint density at radius 1 is 1.09 bits per heavy atom. The highest BCUT2D eigenvalue weighted by molar-refractivity contribution is 7.89. The number of hydrazine groups is 1. The Balaban J connectivity index is 2.04. The van der Waals surface area contributed by atoms with Crippen molar-refractivity contribution in [3.05, 3.63) is 42.0 Å². The highest BCUT2D eigenvalue weighted by Crippen LogP contribution is 2.25. The molecule has 2 N–H and O–H groups in total. The van der Waals surface area contributed by atoms with Crippen molar-refractivity contribution in [3.8, 4) is 0 Å². The van der Waals surface area contributed by atoms with Crippen LogP contribution in [-0.2, 0) is 19.6 Å². The molecule has 0 unspecified atom stereocenters. The zero-order chi connectivity index (χ0) is 17.0. The van der Waals surface area contributed by atoms with Crippen LogP contribution in [0.4, 0.5) is 0 Å². The zero-order valence-electron chi connectivity index (χ0n) is 12.5. The normalized spacial score (nSPS) is 20.9. The van der Waals surface area contributed by atoms with E-state index in [1.165, 1.54) is 12.1 Å². The predicted molar refractivity (Wildman–Crippen MR) is 80.0 cm³/mol. The lowest BCUT2D eigenvalue weighted by atomic mass is 9.82. The second-order valence-corrected chi connectivity index (χ2v) is 7.07. The first-order valence-electron chi connectivity index (χ1n) is 7.05. The number of carboxylic acids is 1. The summed E-state index contributed by atoms with van der Waals surface area (Å²) >= 11 is 0. The molecule has 2 rings (SSSR count). The molecule has 0 spiro atoms. The Morgan fingerprint density at radius 3 is 2.22 bits per heavy atom. The van der Waals surface area contributed by atoms with Gasteiger partial charge in [0.25, 0.3) is 10.0 Å². The van der Waals surface area contributed by atoms with Crippen molar-refractivity contribution in [1.82, 2.24) is 10.3 Å². The van der Waals surface area contributed by atoms with Crippen LogP contribution in [0.1, 0.15) is 18.4 Å². The van der Waals surface area contributed by atoms with Crippen LogP contribution in [0.25, 0.3) is 0 Å². The van der Waals surface area contributed by atoms with Crippen LogP contribution in [0.15, 0.2) is 41.3 Å². The molecule has 0 saturated heterocycles. The third-order valence-electron chi connectivity index (χ3n) is 3.71. The van der Waals surface area contributed by atoms with Crippen LogP contribution in [0.2, 0.25) is 0 Å². The molecule has 0 radical (unpaired) electrons. The summed E-state index contributed by atoms with van der Waals surface area (Å²) in [6.07, 6.45) is 3.76. The van der Waals surface area contributed by atoms with Crippen molar-refractivity contribution in [2.75, 3.05) is 0 Å². The molecule has 1 aromatic carbocycles. The summed E-state index contributed by atoms with van der Waals surface area (Å²) < 4.78 is 24.2. The number of allylic oxidation sites excluding steroid dienone is 2. The fourth-order valence-corrected chi connectivity index (χ4v) is 3.20. The lowest BCUT2D eigenvalue weighted by molar-refractivity contribution is -0.313. The molecule has 1 aliphatic rings. The lowest BCUT2D eigenvalue weighted by Gasteiger charge is -2.28. The van der Waals surface area contributed by atoms with Crippen LogP contribution in [0.3, 0.4) is 0 Å². The Bertz CT molecular complexity index is 725. The molecule has 23 heavy (non-hydrogen) atoms. The maximum atomic E-state index is 12.1. The van der Waals surface area contributed by atoms with E-state index in [0.29, 0.717) is 0 Å². The number of benzene rings is 1. The third-order valence-corrected chi connectivity index (χ3v) is 4.98. The number of aryl methyl sites for hydroxylation is 1. The SMILES string of the molecule is Cc1ccc(S(=O)(=O)NNC(=O)[C@@H]2CC=CC[C@@H]2C(=O)[O-])cc1. The molecule has 8 heteroatoms. The average Bonchev–Trinajstić information content (AvgIpc) is 2.53. The van der Waals surface area contributed by atoms with E-state index in [-0.39, 0.29) is 17.7 Å². The van der Waals surface area contributed by atoms with E-state index in [0.717, 1.165) is 5.56 Å². The summed E-state index contributed by atoms with van der Waals surface area (Å²) in [6, 6.07) is 6.09. The Labute approximate surface area is 134 Å². The topological polar surface area (TPSA) is 115 Å². The van der Waals surface area contributed by atoms with Gasteiger partial charge >= 0.3 is 0 Å². The van der Waals surface area contributed by atoms with E-state index >= 15 is 0 Å². The number of amides is 1. The van der Waals surface area contributed by atoms with Crippen LogP contribution in [0, 0.1) is 18.8 Å². The second-order valence-electron chi connectivity index (χ2n) is 5.38. The molecule has 1 aromatic rings. The largest absolute Gasteiger partial charge is 0.550 e. The van der Waals surface area contributed by atoms with Gasteiger partial charge in [0.1, 0.15) is 0 Å². The summed E-state index contributed by atoms with van der Waals surface area (Å²) in [7, 11) is -3.91. The van der Waals surface area contributed by atoms with Crippen molar-refractivity contribution in [3.63, 3.8) is 0 Å². The number of hydrogen-bond donors (Lipinski definition) is 2. The molecule has 7 nitrogen and oxygen atoms in total. The minimum absolute atomic E-state index is 0.00314. The molecule has 0 heterocycles. The van der Waals surface area contributed by atoms with Gasteiger partial charge in [-0.2, -0.15) is 0 Å². The summed E-state index contributed by atoms with van der Waals surface area (Å²) in [5.41, 5.74) is 2.99. The van der Waals surface area contributed by atoms with Gasteiger partial charge in [-0.15, -0.1) is 4.83 Å². The van der Waals surface area contributed by atoms with Gasteiger partial charge in [0.05, 0.1) is 10.8 Å². The van der Waals surface area contributed by atoms with Crippen molar-refractivity contribution in [2.45, 2.75) is 24.7 Å². The van der Waals surface area contributed by atoms with E-state index in [4.69, 9.17) is 0 Å². The maximum absolute atomic E-state index is 12.1. The van der Waals surface area contributed by atoms with E-state index in [9.17, 15) is 23.1 Å². The highest BCUT2D eigenvalue weighted by atomic mass is 32.2. The van der Waals surface area contributed by atoms with Crippen molar-refractivity contribution < 1.29 is 23.1 Å². The monoisotopic (exact) mass is 337 g/mol. The standard InChI is InChI=1S/C15H18N2O5S/c1-10-6-8-11(9-7-10)23(21,22)17-16-14(18)12-4-2-3-5-13(12)15(19)20/h2-3,6-9,12-13,17H,4-5H2,1H3,(H,16,18)(H,19,20)/p-1/t12-,13+/m1/s1. The fourth-order valence-electron chi connectivity index (χ4n) is 2.35. The molecule has 0 aliphatic heterocycles. The summed E-state index contributed by atoms with van der Waals surface area (Å²) in [4.78, 5) is 25.1. The van der Waals surface area contributed by atoms with Gasteiger partial charge in [-0.1, -0.05) is 29.8 Å². The zero-order valence-corrected chi connectivity index (χ0v) is 13.3. The van der Waals surface area contributed by atoms with Crippen LogP contribution >= 0.6 is 0 Å². The molecule has 124 valence electrons. The average molecular weight is 337 g/mol. The molecular formula is C15H17N2O5S-. The Hall–Kier alpha value is -2.19. The van der Waals surface area contributed by atoms with Gasteiger partial charge in [0, 0.05) is 11.9 Å². The van der Waals surface area contributed by atoms with E-state index in [2.05, 4.69) is 5.43 Å². The minimum Gasteiger partial charge on any atom is -0.550 e. The van der Waals surface area contributed by atoms with Crippen molar-refractivity contribution in [1.29, 1.82) is 0 Å². The summed E-state index contributed by atoms with van der Waals surface area (Å²) in [5, 5.41) is 11.1. The van der Waals surface area contributed by atoms with Gasteiger partial charge in [-0.25, -0.2) is 8.42 Å². The first-order chi connectivity index (χ1) is 10.8. The number of rotatable bonds is 5. The Morgan fingerprint density at radius 2 is 1.65 bits per heavy atom. The molecule has 0 fully saturated rings. The van der Waals surface area contributed by atoms with Gasteiger partial charge in [-0.3, -0.25) is 10.2 Å². The number of carbonyl (C=O) groups excluding carboxylic acids is 2. The first kappa shape index (κ1) is 17.2. The first-order valence-corrected chi connectivity index (χ1v) is 8.54. The molecule has 0 aromatic heterocycles. The summed E-state index contributed by atoms with van der Waals surface area (Å²) in [5.74, 6) is -3.86. The molecule has 2 atom stereocenters. The van der Waals surface area contributed by atoms with E-state index in [1.54, 1.807) is 24.3 Å². The number of carbonyl (C=O) groups is 2. The second kappa shape index (κ2) is 6.93. The third kappa shape index (κ3) is 4.17. The fraction of sp³-hybridized carbons (Fsp3) is 0.333. The number of hydrogen-bond acceptors (Lipinski definition) is 5. The number of carboxylic acid groups (broad SMARTS) is 1. The van der Waals surface area contributed by atoms with Gasteiger partial charge in [0.15, 0.2) is 0 Å². The van der Waals surface area contributed by atoms with Gasteiger partial charge in [0.2, 0.25) is 5.91 Å². The summed E-state index contributed by atoms with van der Waals surface area (Å²) in [6.45, 7) is 1.82.